The number of hydrogen-bond donors (Lipinski definition) is 1. The molecule has 144 valence electrons. The minimum atomic E-state index is -4.51. The summed E-state index contributed by atoms with van der Waals surface area (Å²) in [6.45, 7) is 0. The number of benzene rings is 3. The zero-order chi connectivity index (χ0) is 20.0. The summed E-state index contributed by atoms with van der Waals surface area (Å²) in [5.74, 6) is 0.0114. The summed E-state index contributed by atoms with van der Waals surface area (Å²) < 4.78 is 49.8. The minimum Gasteiger partial charge on any atom is -0.446 e. The fourth-order valence-electron chi connectivity index (χ4n) is 2.35. The Morgan fingerprint density at radius 3 is 1.82 bits per heavy atom. The first-order valence-electron chi connectivity index (χ1n) is 8.33. The molecule has 0 saturated heterocycles. The quantitative estimate of drug-likeness (QED) is 0.597. The lowest BCUT2D eigenvalue weighted by atomic mass is 10.2. The van der Waals surface area contributed by atoms with E-state index in [9.17, 15) is 18.0 Å². The average Bonchev–Trinajstić information content (AvgIpc) is 2.69. The summed E-state index contributed by atoms with van der Waals surface area (Å²) in [5.41, 5.74) is -0.882. The first-order valence-corrected chi connectivity index (χ1v) is 8.33. The number of amides is 1. The molecule has 0 aromatic heterocycles. The molecule has 3 rings (SSSR count). The lowest BCUT2D eigenvalue weighted by molar-refractivity contribution is -0.138. The van der Waals surface area contributed by atoms with Crippen LogP contribution in [-0.4, -0.2) is 12.2 Å². The van der Waals surface area contributed by atoms with Crippen LogP contribution in [0.4, 0.5) is 18.9 Å². The highest BCUT2D eigenvalue weighted by Crippen LogP contribution is 2.30. The van der Waals surface area contributed by atoms with Crippen molar-refractivity contribution < 1.29 is 27.4 Å². The van der Waals surface area contributed by atoms with Crippen molar-refractivity contribution in [1.82, 2.24) is 0 Å². The van der Waals surface area contributed by atoms with Gasteiger partial charge in [0, 0.05) is 5.69 Å². The van der Waals surface area contributed by atoms with Crippen LogP contribution in [0.25, 0.3) is 0 Å². The summed E-state index contributed by atoms with van der Waals surface area (Å²) >= 11 is 0. The predicted molar refractivity (Wildman–Crippen MR) is 98.0 cm³/mol. The number of halogens is 3. The molecule has 0 fully saturated rings. The van der Waals surface area contributed by atoms with Crippen molar-refractivity contribution >= 4 is 11.6 Å². The van der Waals surface area contributed by atoms with E-state index in [1.807, 2.05) is 0 Å². The molecule has 3 aromatic rings. The largest absolute Gasteiger partial charge is 0.446 e. The highest BCUT2D eigenvalue weighted by molar-refractivity contribution is 5.93. The normalized spacial score (nSPS) is 11.1. The van der Waals surface area contributed by atoms with Crippen LogP contribution in [0.1, 0.15) is 5.56 Å². The van der Waals surface area contributed by atoms with Crippen molar-refractivity contribution in [1.29, 1.82) is 0 Å². The highest BCUT2D eigenvalue weighted by atomic mass is 19.4. The molecule has 4 nitrogen and oxygen atoms in total. The van der Waals surface area contributed by atoms with E-state index < -0.39 is 23.9 Å². The predicted octanol–water partition coefficient (Wildman–Crippen LogP) is 5.13. The summed E-state index contributed by atoms with van der Waals surface area (Å²) in [4.78, 5) is 12.6. The Kier molecular flexibility index (Phi) is 5.84. The monoisotopic (exact) mass is 387 g/mol. The van der Waals surface area contributed by atoms with Crippen LogP contribution in [0.15, 0.2) is 84.9 Å². The van der Waals surface area contributed by atoms with E-state index in [1.54, 1.807) is 60.7 Å². The van der Waals surface area contributed by atoms with Gasteiger partial charge in [0.15, 0.2) is 0 Å². The average molecular weight is 387 g/mol. The van der Waals surface area contributed by atoms with Gasteiger partial charge < -0.3 is 14.8 Å². The molecular weight excluding hydrogens is 371 g/mol. The van der Waals surface area contributed by atoms with Gasteiger partial charge in [0.25, 0.3) is 0 Å². The zero-order valence-corrected chi connectivity index (χ0v) is 14.5. The van der Waals surface area contributed by atoms with Crippen LogP contribution >= 0.6 is 0 Å². The molecular formula is C21H16F3NO3. The number of carbonyl (C=O) groups is 1. The molecule has 0 heterocycles. The molecule has 0 bridgehead atoms. The topological polar surface area (TPSA) is 47.6 Å². The standard InChI is InChI=1S/C21H16F3NO3/c22-21(23,24)15-8-7-9-16(14-15)25-19(26)20(27-17-10-3-1-4-11-17)28-18-12-5-2-6-13-18/h1-14,20H,(H,25,26). The summed E-state index contributed by atoms with van der Waals surface area (Å²) in [7, 11) is 0. The second-order valence-corrected chi connectivity index (χ2v) is 5.76. The van der Waals surface area contributed by atoms with E-state index in [0.29, 0.717) is 11.5 Å². The van der Waals surface area contributed by atoms with E-state index in [4.69, 9.17) is 9.47 Å². The molecule has 1 N–H and O–H groups in total. The van der Waals surface area contributed by atoms with E-state index in [1.165, 1.54) is 12.1 Å². The van der Waals surface area contributed by atoms with Crippen molar-refractivity contribution in [2.24, 2.45) is 0 Å². The minimum absolute atomic E-state index is 0.0156. The van der Waals surface area contributed by atoms with Gasteiger partial charge in [0.05, 0.1) is 5.56 Å². The number of ether oxygens (including phenoxy) is 2. The number of rotatable bonds is 6. The van der Waals surface area contributed by atoms with Crippen molar-refractivity contribution in [3.05, 3.63) is 90.5 Å². The highest BCUT2D eigenvalue weighted by Gasteiger charge is 2.31. The molecule has 0 spiro atoms. The second-order valence-electron chi connectivity index (χ2n) is 5.76. The van der Waals surface area contributed by atoms with Gasteiger partial charge in [-0.15, -0.1) is 0 Å². The fraction of sp³-hybridized carbons (Fsp3) is 0.0952. The van der Waals surface area contributed by atoms with E-state index >= 15 is 0 Å². The Morgan fingerprint density at radius 1 is 0.786 bits per heavy atom. The van der Waals surface area contributed by atoms with E-state index in [-0.39, 0.29) is 5.69 Å². The summed E-state index contributed by atoms with van der Waals surface area (Å²) in [5, 5.41) is 2.41. The molecule has 0 unspecified atom stereocenters. The maximum Gasteiger partial charge on any atom is 0.416 e. The third-order valence-electron chi connectivity index (χ3n) is 3.64. The number of carbonyl (C=O) groups excluding carboxylic acids is 1. The van der Waals surface area contributed by atoms with Gasteiger partial charge in [-0.3, -0.25) is 4.79 Å². The lowest BCUT2D eigenvalue weighted by Crippen LogP contribution is -2.38. The summed E-state index contributed by atoms with van der Waals surface area (Å²) in [6.07, 6.45) is -5.92. The van der Waals surface area contributed by atoms with Crippen LogP contribution in [0.5, 0.6) is 11.5 Å². The van der Waals surface area contributed by atoms with Crippen LogP contribution in [0.3, 0.4) is 0 Å². The van der Waals surface area contributed by atoms with Gasteiger partial charge in [0.1, 0.15) is 11.5 Å². The molecule has 28 heavy (non-hydrogen) atoms. The number of alkyl halides is 3. The smallest absolute Gasteiger partial charge is 0.416 e. The van der Waals surface area contributed by atoms with Gasteiger partial charge in [-0.05, 0) is 42.5 Å². The van der Waals surface area contributed by atoms with Gasteiger partial charge >= 0.3 is 18.4 Å². The third kappa shape index (κ3) is 5.26. The summed E-state index contributed by atoms with van der Waals surface area (Å²) in [6, 6.07) is 21.3. The second kappa shape index (κ2) is 8.47. The van der Waals surface area contributed by atoms with Gasteiger partial charge in [-0.1, -0.05) is 42.5 Å². The number of anilines is 1. The Balaban J connectivity index is 1.80. The SMILES string of the molecule is O=C(Nc1cccc(C(F)(F)F)c1)C(Oc1ccccc1)Oc1ccccc1. The molecule has 0 aliphatic heterocycles. The number of nitrogens with one attached hydrogen (secondary N) is 1. The molecule has 0 aliphatic carbocycles. The van der Waals surface area contributed by atoms with Crippen molar-refractivity contribution in [2.75, 3.05) is 5.32 Å². The molecule has 0 radical (unpaired) electrons. The molecule has 0 atom stereocenters. The van der Waals surface area contributed by atoms with Crippen LogP contribution in [0.2, 0.25) is 0 Å². The Bertz CT molecular complexity index is 873. The van der Waals surface area contributed by atoms with Crippen molar-refractivity contribution in [2.45, 2.75) is 12.5 Å². The number of para-hydroxylation sites is 2. The molecule has 3 aromatic carbocycles. The maximum absolute atomic E-state index is 12.9. The molecule has 0 saturated carbocycles. The van der Waals surface area contributed by atoms with Crippen molar-refractivity contribution in [3.63, 3.8) is 0 Å². The molecule has 1 amide bonds. The first-order chi connectivity index (χ1) is 13.4. The van der Waals surface area contributed by atoms with Gasteiger partial charge in [-0.2, -0.15) is 13.2 Å². The van der Waals surface area contributed by atoms with Crippen LogP contribution in [0, 0.1) is 0 Å². The Hall–Kier alpha value is -3.48. The fourth-order valence-corrected chi connectivity index (χ4v) is 2.35. The lowest BCUT2D eigenvalue weighted by Gasteiger charge is -2.20. The number of hydrogen-bond acceptors (Lipinski definition) is 3. The Labute approximate surface area is 159 Å². The molecule has 7 heteroatoms. The zero-order valence-electron chi connectivity index (χ0n) is 14.5. The molecule has 0 aliphatic rings. The van der Waals surface area contributed by atoms with Crippen LogP contribution in [-0.2, 0) is 11.0 Å². The van der Waals surface area contributed by atoms with Gasteiger partial charge in [0.2, 0.25) is 0 Å². The van der Waals surface area contributed by atoms with Gasteiger partial charge in [-0.25, -0.2) is 0 Å². The van der Waals surface area contributed by atoms with E-state index in [2.05, 4.69) is 5.32 Å². The van der Waals surface area contributed by atoms with Crippen molar-refractivity contribution in [3.8, 4) is 11.5 Å². The first kappa shape index (κ1) is 19.3. The van der Waals surface area contributed by atoms with E-state index in [0.717, 1.165) is 12.1 Å². The maximum atomic E-state index is 12.9. The Morgan fingerprint density at radius 2 is 1.32 bits per heavy atom. The third-order valence-corrected chi connectivity index (χ3v) is 3.64. The van der Waals surface area contributed by atoms with Crippen LogP contribution < -0.4 is 14.8 Å².